The Morgan fingerprint density at radius 3 is 2.19 bits per heavy atom. The molecule has 4 aliphatic carbocycles. The molecule has 4 rings (SSSR count). The summed E-state index contributed by atoms with van der Waals surface area (Å²) >= 11 is 0. The number of unbranched alkanes of at least 4 members (excludes halogenated alkanes) is 7. The van der Waals surface area contributed by atoms with Gasteiger partial charge in [-0.3, -0.25) is 4.79 Å². The summed E-state index contributed by atoms with van der Waals surface area (Å²) in [6, 6.07) is 0. The van der Waals surface area contributed by atoms with Gasteiger partial charge in [0.2, 0.25) is 0 Å². The van der Waals surface area contributed by atoms with Crippen LogP contribution < -0.4 is 0 Å². The first-order valence-corrected chi connectivity index (χ1v) is 21.5. The highest BCUT2D eigenvalue weighted by molar-refractivity contribution is 5.66. The highest BCUT2D eigenvalue weighted by atomic mass is 16.4. The van der Waals surface area contributed by atoms with Crippen molar-refractivity contribution in [2.45, 2.75) is 202 Å². The Labute approximate surface area is 293 Å². The van der Waals surface area contributed by atoms with Gasteiger partial charge < -0.3 is 5.11 Å². The highest BCUT2D eigenvalue weighted by Gasteiger charge is 2.62. The quantitative estimate of drug-likeness (QED) is 0.0989. The van der Waals surface area contributed by atoms with Crippen LogP contribution in [0.25, 0.3) is 0 Å². The minimum atomic E-state index is -0.604. The number of carbonyl (C=O) groups is 1. The molecule has 0 radical (unpaired) electrons. The fourth-order valence-corrected chi connectivity index (χ4v) is 13.0. The van der Waals surface area contributed by atoms with Gasteiger partial charge >= 0.3 is 5.97 Å². The number of fused-ring (bicyclic) bond motifs is 5. The molecular weight excluding hydrogens is 572 g/mol. The first-order valence-electron chi connectivity index (χ1n) is 21.5. The van der Waals surface area contributed by atoms with Crippen molar-refractivity contribution in [2.24, 2.45) is 64.1 Å². The van der Waals surface area contributed by atoms with E-state index in [1.807, 2.05) is 0 Å². The van der Waals surface area contributed by atoms with Gasteiger partial charge in [-0.2, -0.15) is 0 Å². The van der Waals surface area contributed by atoms with Crippen LogP contribution in [0, 0.1) is 64.1 Å². The molecule has 0 aromatic carbocycles. The molecule has 47 heavy (non-hydrogen) atoms. The number of allylic oxidation sites excluding steroid dienone is 2. The third-order valence-corrected chi connectivity index (χ3v) is 15.4. The summed E-state index contributed by atoms with van der Waals surface area (Å²) in [6.45, 7) is 15.2. The highest BCUT2D eigenvalue weighted by Crippen LogP contribution is 2.70. The lowest BCUT2D eigenvalue weighted by molar-refractivity contribution is -0.153. The van der Waals surface area contributed by atoms with Gasteiger partial charge in [-0.1, -0.05) is 111 Å². The molecule has 4 aliphatic rings. The number of aliphatic carboxylic acids is 1. The van der Waals surface area contributed by atoms with Gasteiger partial charge in [-0.25, -0.2) is 0 Å². The van der Waals surface area contributed by atoms with Crippen LogP contribution in [0.3, 0.4) is 0 Å². The molecule has 4 fully saturated rings. The zero-order valence-corrected chi connectivity index (χ0v) is 32.4. The molecule has 4 saturated carbocycles. The molecule has 10 atom stereocenters. The van der Waals surface area contributed by atoms with Crippen molar-refractivity contribution in [1.82, 2.24) is 0 Å². The Balaban J connectivity index is 1.41. The molecule has 0 spiro atoms. The Kier molecular flexibility index (Phi) is 15.8. The summed E-state index contributed by atoms with van der Waals surface area (Å²) in [5.74, 6) is 7.24. The van der Waals surface area contributed by atoms with Gasteiger partial charge in [0.15, 0.2) is 0 Å². The predicted molar refractivity (Wildman–Crippen MR) is 203 cm³/mol. The number of hydrogen-bond acceptors (Lipinski definition) is 1. The molecular formula is C45H80O2. The summed E-state index contributed by atoms with van der Waals surface area (Å²) in [4.78, 5) is 11.6. The van der Waals surface area contributed by atoms with Gasteiger partial charge in [0.05, 0.1) is 0 Å². The van der Waals surface area contributed by atoms with Crippen molar-refractivity contribution in [2.75, 3.05) is 0 Å². The van der Waals surface area contributed by atoms with E-state index in [4.69, 9.17) is 0 Å². The predicted octanol–water partition coefficient (Wildman–Crippen LogP) is 14.1. The fourth-order valence-electron chi connectivity index (χ4n) is 13.0. The Morgan fingerprint density at radius 1 is 0.723 bits per heavy atom. The van der Waals surface area contributed by atoms with Gasteiger partial charge in [0.1, 0.15) is 0 Å². The maximum atomic E-state index is 11.6. The van der Waals surface area contributed by atoms with Crippen molar-refractivity contribution in [3.8, 4) is 0 Å². The van der Waals surface area contributed by atoms with Crippen molar-refractivity contribution in [3.63, 3.8) is 0 Å². The second-order valence-electron chi connectivity index (χ2n) is 18.6. The number of carboxylic acid groups (broad SMARTS) is 1. The van der Waals surface area contributed by atoms with Crippen molar-refractivity contribution < 1.29 is 9.90 Å². The van der Waals surface area contributed by atoms with E-state index in [2.05, 4.69) is 53.7 Å². The zero-order valence-electron chi connectivity index (χ0n) is 32.4. The summed E-state index contributed by atoms with van der Waals surface area (Å²) in [6.07, 6.45) is 38.0. The summed E-state index contributed by atoms with van der Waals surface area (Å²) < 4.78 is 0. The smallest absolute Gasteiger partial charge is 0.303 e. The lowest BCUT2D eigenvalue weighted by atomic mass is 9.41. The molecule has 272 valence electrons. The molecule has 2 heteroatoms. The average Bonchev–Trinajstić information content (AvgIpc) is 3.39. The first-order chi connectivity index (χ1) is 22.6. The van der Waals surface area contributed by atoms with Crippen molar-refractivity contribution >= 4 is 5.97 Å². The van der Waals surface area contributed by atoms with E-state index in [0.29, 0.717) is 23.2 Å². The maximum Gasteiger partial charge on any atom is 0.303 e. The van der Waals surface area contributed by atoms with Crippen LogP contribution >= 0.6 is 0 Å². The minimum absolute atomic E-state index is 0.352. The largest absolute Gasteiger partial charge is 0.481 e. The first kappa shape index (κ1) is 39.0. The Hall–Kier alpha value is -0.790. The minimum Gasteiger partial charge on any atom is -0.481 e. The van der Waals surface area contributed by atoms with Gasteiger partial charge in [-0.05, 0) is 160 Å². The second-order valence-corrected chi connectivity index (χ2v) is 18.6. The second kappa shape index (κ2) is 19.0. The molecule has 0 bridgehead atoms. The summed E-state index contributed by atoms with van der Waals surface area (Å²) in [5.41, 5.74) is 1.03. The van der Waals surface area contributed by atoms with E-state index in [9.17, 15) is 9.90 Å². The number of hydrogen-bond donors (Lipinski definition) is 1. The molecule has 1 N–H and O–H groups in total. The van der Waals surface area contributed by atoms with Crippen LogP contribution in [0.1, 0.15) is 202 Å². The standard InChI is InChI=1S/C45H80O2/c1-7-8-9-10-11-12-13-14-15-16-17-23-36(24-19-27-43(46)47)40-26-20-25-37-28-29-38-41-31-30-39(35(4)22-18-21-34(2)3)44(41,5)33-32-42(38)45(37,40)6/h14-15,34-42H,7-13,16-33H2,1-6H3,(H,46,47)/b15-14-/t35-,36?,37?,38+,39-,40?,41+,42+,44-,45-/m1/s1. The van der Waals surface area contributed by atoms with Crippen LogP contribution in [-0.4, -0.2) is 11.1 Å². The molecule has 0 aromatic rings. The molecule has 0 amide bonds. The monoisotopic (exact) mass is 653 g/mol. The van der Waals surface area contributed by atoms with Crippen molar-refractivity contribution in [3.05, 3.63) is 12.2 Å². The lowest BCUT2D eigenvalue weighted by Gasteiger charge is -2.64. The Bertz CT molecular complexity index is 936. The van der Waals surface area contributed by atoms with E-state index < -0.39 is 5.97 Å². The summed E-state index contributed by atoms with van der Waals surface area (Å²) in [5, 5.41) is 9.54. The zero-order chi connectivity index (χ0) is 33.9. The fraction of sp³-hybridized carbons (Fsp3) is 0.933. The molecule has 0 aliphatic heterocycles. The van der Waals surface area contributed by atoms with E-state index in [1.165, 1.54) is 141 Å². The topological polar surface area (TPSA) is 37.3 Å². The van der Waals surface area contributed by atoms with Crippen LogP contribution in [0.15, 0.2) is 12.2 Å². The van der Waals surface area contributed by atoms with Crippen LogP contribution in [0.4, 0.5) is 0 Å². The third-order valence-electron chi connectivity index (χ3n) is 15.4. The maximum absolute atomic E-state index is 11.6. The van der Waals surface area contributed by atoms with Crippen LogP contribution in [0.5, 0.6) is 0 Å². The van der Waals surface area contributed by atoms with E-state index in [-0.39, 0.29) is 0 Å². The number of carboxylic acids is 1. The van der Waals surface area contributed by atoms with Gasteiger partial charge in [-0.15, -0.1) is 0 Å². The molecule has 2 nitrogen and oxygen atoms in total. The van der Waals surface area contributed by atoms with E-state index >= 15 is 0 Å². The third kappa shape index (κ3) is 9.93. The van der Waals surface area contributed by atoms with Gasteiger partial charge in [0.25, 0.3) is 0 Å². The van der Waals surface area contributed by atoms with Gasteiger partial charge in [0, 0.05) is 6.42 Å². The molecule has 0 heterocycles. The molecule has 3 unspecified atom stereocenters. The van der Waals surface area contributed by atoms with Crippen LogP contribution in [-0.2, 0) is 4.79 Å². The van der Waals surface area contributed by atoms with Crippen molar-refractivity contribution in [1.29, 1.82) is 0 Å². The average molecular weight is 653 g/mol. The van der Waals surface area contributed by atoms with E-state index in [1.54, 1.807) is 0 Å². The number of rotatable bonds is 21. The molecule has 0 saturated heterocycles. The van der Waals surface area contributed by atoms with Crippen LogP contribution in [0.2, 0.25) is 0 Å². The molecule has 0 aromatic heterocycles. The SMILES string of the molecule is CCCCCCCC/C=C\CCCC(CCCC(=O)O)C1CCCC2CC[C@@H]3[C@H](CC[C@]4(C)[C@@H]([C@H](C)CCCC(C)C)CC[C@@H]34)[C@]21C. The summed E-state index contributed by atoms with van der Waals surface area (Å²) in [7, 11) is 0. The Morgan fingerprint density at radius 2 is 1.45 bits per heavy atom. The van der Waals surface area contributed by atoms with E-state index in [0.717, 1.165) is 60.2 Å². The normalized spacial score (nSPS) is 35.0. The lowest BCUT2D eigenvalue weighted by Crippen LogP contribution is -2.57.